The van der Waals surface area contributed by atoms with Crippen molar-refractivity contribution in [1.29, 1.82) is 0 Å². The standard InChI is InChI=1S/C15H13FO3/c1-9-3-4-14(19-2)13(5-9)10-6-11(15(17)18)8-12(16)7-10/h3-8H,1-2H3,(H,17,18). The zero-order valence-corrected chi connectivity index (χ0v) is 10.6. The van der Waals surface area contributed by atoms with Crippen molar-refractivity contribution in [3.63, 3.8) is 0 Å². The van der Waals surface area contributed by atoms with Crippen molar-refractivity contribution in [2.45, 2.75) is 6.92 Å². The second kappa shape index (κ2) is 5.10. The highest BCUT2D eigenvalue weighted by Gasteiger charge is 2.11. The van der Waals surface area contributed by atoms with E-state index in [9.17, 15) is 9.18 Å². The molecular weight excluding hydrogens is 247 g/mol. The predicted octanol–water partition coefficient (Wildman–Crippen LogP) is 3.51. The van der Waals surface area contributed by atoms with Gasteiger partial charge in [0.1, 0.15) is 11.6 Å². The molecular formula is C15H13FO3. The van der Waals surface area contributed by atoms with Crippen LogP contribution in [0, 0.1) is 12.7 Å². The molecule has 0 aliphatic carbocycles. The number of carboxylic acids is 1. The summed E-state index contributed by atoms with van der Waals surface area (Å²) in [5, 5.41) is 8.96. The number of benzene rings is 2. The fourth-order valence-corrected chi connectivity index (χ4v) is 1.92. The Morgan fingerprint density at radius 3 is 2.58 bits per heavy atom. The molecule has 0 spiro atoms. The van der Waals surface area contributed by atoms with E-state index in [2.05, 4.69) is 0 Å². The van der Waals surface area contributed by atoms with Gasteiger partial charge in [-0.1, -0.05) is 11.6 Å². The Balaban J connectivity index is 2.64. The third kappa shape index (κ3) is 2.73. The summed E-state index contributed by atoms with van der Waals surface area (Å²) in [6, 6.07) is 9.20. The van der Waals surface area contributed by atoms with Crippen LogP contribution < -0.4 is 4.74 Å². The molecule has 3 nitrogen and oxygen atoms in total. The third-order valence-corrected chi connectivity index (χ3v) is 2.81. The van der Waals surface area contributed by atoms with Crippen LogP contribution in [-0.2, 0) is 0 Å². The molecule has 0 amide bonds. The number of carbonyl (C=O) groups is 1. The van der Waals surface area contributed by atoms with E-state index in [-0.39, 0.29) is 5.56 Å². The quantitative estimate of drug-likeness (QED) is 0.918. The van der Waals surface area contributed by atoms with Crippen LogP contribution in [0.25, 0.3) is 11.1 Å². The molecule has 0 saturated carbocycles. The minimum Gasteiger partial charge on any atom is -0.496 e. The molecule has 0 aromatic heterocycles. The van der Waals surface area contributed by atoms with Gasteiger partial charge < -0.3 is 9.84 Å². The van der Waals surface area contributed by atoms with Gasteiger partial charge in [-0.25, -0.2) is 9.18 Å². The summed E-state index contributed by atoms with van der Waals surface area (Å²) in [4.78, 5) is 11.0. The molecule has 0 atom stereocenters. The first-order valence-electron chi connectivity index (χ1n) is 5.70. The molecule has 0 heterocycles. The highest BCUT2D eigenvalue weighted by molar-refractivity contribution is 5.90. The molecule has 0 fully saturated rings. The van der Waals surface area contributed by atoms with Crippen LogP contribution in [-0.4, -0.2) is 18.2 Å². The molecule has 0 saturated heterocycles. The van der Waals surface area contributed by atoms with E-state index >= 15 is 0 Å². The lowest BCUT2D eigenvalue weighted by molar-refractivity contribution is 0.0696. The highest BCUT2D eigenvalue weighted by atomic mass is 19.1. The van der Waals surface area contributed by atoms with Crippen molar-refractivity contribution < 1.29 is 19.0 Å². The summed E-state index contributed by atoms with van der Waals surface area (Å²) in [5.74, 6) is -1.17. The molecule has 19 heavy (non-hydrogen) atoms. The Kier molecular flexibility index (Phi) is 3.51. The molecule has 4 heteroatoms. The van der Waals surface area contributed by atoms with Crippen LogP contribution in [0.4, 0.5) is 4.39 Å². The summed E-state index contributed by atoms with van der Waals surface area (Å²) in [6.07, 6.45) is 0. The van der Waals surface area contributed by atoms with Gasteiger partial charge in [0.2, 0.25) is 0 Å². The molecule has 0 bridgehead atoms. The van der Waals surface area contributed by atoms with Gasteiger partial charge in [0, 0.05) is 5.56 Å². The SMILES string of the molecule is COc1ccc(C)cc1-c1cc(F)cc(C(=O)O)c1. The number of hydrogen-bond acceptors (Lipinski definition) is 2. The van der Waals surface area contributed by atoms with E-state index in [0.29, 0.717) is 16.9 Å². The minimum atomic E-state index is -1.16. The van der Waals surface area contributed by atoms with Crippen LogP contribution in [0.15, 0.2) is 36.4 Å². The lowest BCUT2D eigenvalue weighted by Gasteiger charge is -2.10. The summed E-state index contributed by atoms with van der Waals surface area (Å²) in [5.41, 5.74) is 2.05. The first kappa shape index (κ1) is 13.1. The Hall–Kier alpha value is -2.36. The third-order valence-electron chi connectivity index (χ3n) is 2.81. The summed E-state index contributed by atoms with van der Waals surface area (Å²) >= 11 is 0. The average Bonchev–Trinajstić information content (AvgIpc) is 2.37. The van der Waals surface area contributed by atoms with Crippen molar-refractivity contribution in [2.75, 3.05) is 7.11 Å². The zero-order valence-electron chi connectivity index (χ0n) is 10.6. The number of hydrogen-bond donors (Lipinski definition) is 1. The zero-order chi connectivity index (χ0) is 14.0. The maximum absolute atomic E-state index is 13.5. The van der Waals surface area contributed by atoms with Crippen LogP contribution in [0.3, 0.4) is 0 Å². The van der Waals surface area contributed by atoms with Crippen molar-refractivity contribution in [3.8, 4) is 16.9 Å². The van der Waals surface area contributed by atoms with Gasteiger partial charge in [-0.15, -0.1) is 0 Å². The van der Waals surface area contributed by atoms with E-state index in [1.54, 1.807) is 6.07 Å². The second-order valence-corrected chi connectivity index (χ2v) is 4.24. The second-order valence-electron chi connectivity index (χ2n) is 4.24. The summed E-state index contributed by atoms with van der Waals surface area (Å²) in [7, 11) is 1.52. The van der Waals surface area contributed by atoms with Gasteiger partial charge >= 0.3 is 5.97 Å². The van der Waals surface area contributed by atoms with Crippen molar-refractivity contribution in [2.24, 2.45) is 0 Å². The molecule has 2 rings (SSSR count). The average molecular weight is 260 g/mol. The summed E-state index contributed by atoms with van der Waals surface area (Å²) < 4.78 is 18.7. The van der Waals surface area contributed by atoms with Gasteiger partial charge in [0.15, 0.2) is 0 Å². The van der Waals surface area contributed by atoms with Gasteiger partial charge in [0.25, 0.3) is 0 Å². The monoisotopic (exact) mass is 260 g/mol. The van der Waals surface area contributed by atoms with E-state index in [4.69, 9.17) is 9.84 Å². The Labute approximate surface area is 110 Å². The van der Waals surface area contributed by atoms with Gasteiger partial charge in [-0.3, -0.25) is 0 Å². The molecule has 0 aliphatic heterocycles. The van der Waals surface area contributed by atoms with Crippen LogP contribution >= 0.6 is 0 Å². The van der Waals surface area contributed by atoms with E-state index in [1.165, 1.54) is 19.2 Å². The van der Waals surface area contributed by atoms with Gasteiger partial charge in [-0.05, 0) is 42.8 Å². The smallest absolute Gasteiger partial charge is 0.335 e. The maximum atomic E-state index is 13.5. The lowest BCUT2D eigenvalue weighted by atomic mass is 10.00. The van der Waals surface area contributed by atoms with Gasteiger partial charge in [0.05, 0.1) is 12.7 Å². The molecule has 2 aromatic carbocycles. The fraction of sp³-hybridized carbons (Fsp3) is 0.133. The number of aromatic carboxylic acids is 1. The first-order chi connectivity index (χ1) is 9.01. The Morgan fingerprint density at radius 1 is 1.21 bits per heavy atom. The first-order valence-corrected chi connectivity index (χ1v) is 5.70. The number of carboxylic acid groups (broad SMARTS) is 1. The van der Waals surface area contributed by atoms with Crippen LogP contribution in [0.2, 0.25) is 0 Å². The van der Waals surface area contributed by atoms with Crippen molar-refractivity contribution >= 4 is 5.97 Å². The fourth-order valence-electron chi connectivity index (χ4n) is 1.92. The molecule has 2 aromatic rings. The highest BCUT2D eigenvalue weighted by Crippen LogP contribution is 2.32. The Morgan fingerprint density at radius 2 is 1.95 bits per heavy atom. The largest absolute Gasteiger partial charge is 0.496 e. The normalized spacial score (nSPS) is 10.3. The summed E-state index contributed by atoms with van der Waals surface area (Å²) in [6.45, 7) is 1.90. The predicted molar refractivity (Wildman–Crippen MR) is 70.1 cm³/mol. The maximum Gasteiger partial charge on any atom is 0.335 e. The number of rotatable bonds is 3. The Bertz CT molecular complexity index is 635. The molecule has 98 valence electrons. The number of ether oxygens (including phenoxy) is 1. The van der Waals surface area contributed by atoms with Gasteiger partial charge in [-0.2, -0.15) is 0 Å². The van der Waals surface area contributed by atoms with E-state index < -0.39 is 11.8 Å². The molecule has 0 unspecified atom stereocenters. The van der Waals surface area contributed by atoms with Crippen molar-refractivity contribution in [3.05, 3.63) is 53.3 Å². The molecule has 0 aliphatic rings. The minimum absolute atomic E-state index is 0.0847. The number of halogens is 1. The molecule has 1 N–H and O–H groups in total. The number of methoxy groups -OCH3 is 1. The lowest BCUT2D eigenvalue weighted by Crippen LogP contribution is -1.98. The van der Waals surface area contributed by atoms with Crippen LogP contribution in [0.1, 0.15) is 15.9 Å². The van der Waals surface area contributed by atoms with Crippen molar-refractivity contribution in [1.82, 2.24) is 0 Å². The van der Waals surface area contributed by atoms with Crippen LogP contribution in [0.5, 0.6) is 5.75 Å². The van der Waals surface area contributed by atoms with E-state index in [1.807, 2.05) is 19.1 Å². The molecule has 0 radical (unpaired) electrons. The van der Waals surface area contributed by atoms with E-state index in [0.717, 1.165) is 11.6 Å². The number of aryl methyl sites for hydroxylation is 1. The topological polar surface area (TPSA) is 46.5 Å².